The predicted molar refractivity (Wildman–Crippen MR) is 280 cm³/mol. The number of hydrogen-bond acceptors (Lipinski definition) is 2. The summed E-state index contributed by atoms with van der Waals surface area (Å²) in [5, 5.41) is 9.33. The van der Waals surface area contributed by atoms with Gasteiger partial charge < -0.3 is 13.9 Å². The van der Waals surface area contributed by atoms with E-state index in [2.05, 4.69) is 215 Å². The minimum atomic E-state index is 0.623. The number of nitrogens with zero attached hydrogens (tertiary/aromatic N) is 3. The number of anilines is 3. The molecule has 0 aliphatic heterocycles. The van der Waals surface area contributed by atoms with Crippen molar-refractivity contribution in [2.24, 2.45) is 0 Å². The molecule has 0 radical (unpaired) electrons. The van der Waals surface area contributed by atoms with Gasteiger partial charge in [0.2, 0.25) is 0 Å². The van der Waals surface area contributed by atoms with Crippen LogP contribution in [-0.2, 0) is 0 Å². The maximum absolute atomic E-state index is 7.56. The van der Waals surface area contributed by atoms with Crippen molar-refractivity contribution in [1.82, 2.24) is 4.57 Å². The Morgan fingerprint density at radius 1 is 0.373 bits per heavy atom. The smallest absolute Gasteiger partial charge is 0.187 e. The lowest BCUT2D eigenvalue weighted by molar-refractivity contribution is 0.670. The van der Waals surface area contributed by atoms with Crippen LogP contribution in [0, 0.1) is 6.57 Å². The lowest BCUT2D eigenvalue weighted by Crippen LogP contribution is -2.09. The van der Waals surface area contributed by atoms with Gasteiger partial charge in [-0.15, -0.1) is 0 Å². The average Bonchev–Trinajstić information content (AvgIpc) is 3.94. The van der Waals surface area contributed by atoms with Gasteiger partial charge >= 0.3 is 0 Å². The van der Waals surface area contributed by atoms with E-state index in [1.54, 1.807) is 0 Å². The van der Waals surface area contributed by atoms with Gasteiger partial charge in [-0.3, -0.25) is 0 Å². The van der Waals surface area contributed by atoms with E-state index in [0.717, 1.165) is 99.9 Å². The molecule has 11 aromatic carbocycles. The van der Waals surface area contributed by atoms with E-state index in [9.17, 15) is 0 Å². The second kappa shape index (κ2) is 15.5. The fourth-order valence-electron chi connectivity index (χ4n) is 10.1. The van der Waals surface area contributed by atoms with Crippen molar-refractivity contribution in [3.8, 4) is 39.1 Å². The third-order valence-electron chi connectivity index (χ3n) is 13.3. The monoisotopic (exact) mass is 853 g/mol. The second-order valence-corrected chi connectivity index (χ2v) is 17.2. The maximum Gasteiger partial charge on any atom is 0.187 e. The first kappa shape index (κ1) is 38.3. The molecule has 67 heavy (non-hydrogen) atoms. The van der Waals surface area contributed by atoms with Gasteiger partial charge in [0.25, 0.3) is 0 Å². The Morgan fingerprint density at radius 2 is 0.970 bits per heavy atom. The Kier molecular flexibility index (Phi) is 8.87. The molecule has 0 amide bonds. The zero-order valence-corrected chi connectivity index (χ0v) is 36.3. The number of para-hydroxylation sites is 4. The molecule has 0 spiro atoms. The molecule has 4 heteroatoms. The normalized spacial score (nSPS) is 11.6. The van der Waals surface area contributed by atoms with Gasteiger partial charge in [-0.1, -0.05) is 146 Å². The summed E-state index contributed by atoms with van der Waals surface area (Å²) >= 11 is 0. The minimum Gasteiger partial charge on any atom is -0.455 e. The van der Waals surface area contributed by atoms with Crippen molar-refractivity contribution in [1.29, 1.82) is 0 Å². The molecule has 4 nitrogen and oxygen atoms in total. The minimum absolute atomic E-state index is 0.623. The van der Waals surface area contributed by atoms with E-state index < -0.39 is 0 Å². The van der Waals surface area contributed by atoms with Gasteiger partial charge in [-0.2, -0.15) is 0 Å². The van der Waals surface area contributed by atoms with E-state index >= 15 is 0 Å². The topological polar surface area (TPSA) is 25.7 Å². The Labute approximate surface area is 387 Å². The van der Waals surface area contributed by atoms with Gasteiger partial charge in [0, 0.05) is 49.9 Å². The number of rotatable bonds is 7. The summed E-state index contributed by atoms with van der Waals surface area (Å²) in [6, 6.07) is 84.4. The summed E-state index contributed by atoms with van der Waals surface area (Å²) in [5.41, 5.74) is 15.5. The van der Waals surface area contributed by atoms with Crippen LogP contribution in [0.3, 0.4) is 0 Å². The van der Waals surface area contributed by atoms with Gasteiger partial charge in [-0.25, -0.2) is 4.85 Å². The first-order chi connectivity index (χ1) is 33.1. The Hall–Kier alpha value is -9.17. The molecule has 2 heterocycles. The molecular weight excluding hydrogens is 815 g/mol. The van der Waals surface area contributed by atoms with Crippen LogP contribution in [0.4, 0.5) is 22.7 Å². The Balaban J connectivity index is 0.975. The van der Waals surface area contributed by atoms with E-state index in [1.807, 2.05) is 36.4 Å². The zero-order valence-electron chi connectivity index (χ0n) is 36.3. The van der Waals surface area contributed by atoms with Crippen LogP contribution in [0.25, 0.3) is 109 Å². The molecule has 0 bridgehead atoms. The van der Waals surface area contributed by atoms with Crippen molar-refractivity contribution in [2.75, 3.05) is 4.90 Å². The zero-order chi connectivity index (χ0) is 44.4. The van der Waals surface area contributed by atoms with Crippen LogP contribution in [-0.4, -0.2) is 4.57 Å². The summed E-state index contributed by atoms with van der Waals surface area (Å²) in [5.74, 6) is 0. The van der Waals surface area contributed by atoms with Crippen LogP contribution in [0.2, 0.25) is 0 Å². The molecule has 0 N–H and O–H groups in total. The molecular formula is C63H39N3O. The third-order valence-corrected chi connectivity index (χ3v) is 13.3. The van der Waals surface area contributed by atoms with Gasteiger partial charge in [-0.05, 0) is 140 Å². The number of hydrogen-bond donors (Lipinski definition) is 0. The molecule has 0 fully saturated rings. The first-order valence-corrected chi connectivity index (χ1v) is 22.6. The highest BCUT2D eigenvalue weighted by atomic mass is 16.3. The summed E-state index contributed by atoms with van der Waals surface area (Å²) in [6.45, 7) is 7.56. The maximum atomic E-state index is 7.56. The Bertz CT molecular complexity index is 4120. The SMILES string of the molecule is [C-]#[N+]c1ccc(-n2c3ccccc3c3ccc(-c4cc(-c5ccc6cc(N(c7ccccc7)c7ccc8ccccc8c7)ccc6c5)cc(-c5cccc6c5oc5ccccc56)c4)cc32)cc1. The summed E-state index contributed by atoms with van der Waals surface area (Å²) in [4.78, 5) is 6.00. The second-order valence-electron chi connectivity index (χ2n) is 17.2. The molecule has 0 atom stereocenters. The first-order valence-electron chi connectivity index (χ1n) is 22.6. The summed E-state index contributed by atoms with van der Waals surface area (Å²) < 4.78 is 8.97. The molecule has 0 aliphatic rings. The number of benzene rings is 11. The van der Waals surface area contributed by atoms with Gasteiger partial charge in [0.1, 0.15) is 11.2 Å². The van der Waals surface area contributed by atoms with Crippen LogP contribution < -0.4 is 4.90 Å². The van der Waals surface area contributed by atoms with Crippen molar-refractivity contribution >= 4 is 88.0 Å². The van der Waals surface area contributed by atoms with Crippen LogP contribution >= 0.6 is 0 Å². The van der Waals surface area contributed by atoms with Crippen molar-refractivity contribution in [2.45, 2.75) is 0 Å². The number of fused-ring (bicyclic) bond motifs is 8. The molecule has 0 saturated heterocycles. The van der Waals surface area contributed by atoms with E-state index in [-0.39, 0.29) is 0 Å². The highest BCUT2D eigenvalue weighted by Crippen LogP contribution is 2.43. The Morgan fingerprint density at radius 3 is 1.78 bits per heavy atom. The van der Waals surface area contributed by atoms with Crippen molar-refractivity contribution < 1.29 is 4.42 Å². The average molecular weight is 854 g/mol. The van der Waals surface area contributed by atoms with Crippen LogP contribution in [0.5, 0.6) is 0 Å². The summed E-state index contributed by atoms with van der Waals surface area (Å²) in [6.07, 6.45) is 0. The largest absolute Gasteiger partial charge is 0.455 e. The fraction of sp³-hybridized carbons (Fsp3) is 0. The van der Waals surface area contributed by atoms with Gasteiger partial charge in [0.05, 0.1) is 17.6 Å². The number of aromatic nitrogens is 1. The molecule has 13 rings (SSSR count). The van der Waals surface area contributed by atoms with E-state index in [0.29, 0.717) is 5.69 Å². The standard InChI is InChI=1S/C63H39N3O/c1-64-50-27-31-52(32-28-50)66-60-20-9-7-16-56(60)57-33-26-46(40-61(57)66)48-35-47(36-49(37-48)55-18-11-19-59-58-17-8-10-21-62(58)67-63(55)59)44-22-23-45-39-54(30-25-43(45)34-44)65(51-14-3-2-4-15-51)53-29-24-41-12-5-6-13-42(41)38-53/h2-40H. The molecule has 13 aromatic rings. The van der Waals surface area contributed by atoms with Gasteiger partial charge in [0.15, 0.2) is 5.69 Å². The van der Waals surface area contributed by atoms with E-state index in [4.69, 9.17) is 11.0 Å². The highest BCUT2D eigenvalue weighted by molar-refractivity contribution is 6.12. The molecule has 2 aromatic heterocycles. The molecule has 312 valence electrons. The molecule has 0 unspecified atom stereocenters. The highest BCUT2D eigenvalue weighted by Gasteiger charge is 2.18. The lowest BCUT2D eigenvalue weighted by Gasteiger charge is -2.26. The van der Waals surface area contributed by atoms with E-state index in [1.165, 1.54) is 21.5 Å². The molecule has 0 aliphatic carbocycles. The lowest BCUT2D eigenvalue weighted by atomic mass is 9.91. The van der Waals surface area contributed by atoms with Crippen molar-refractivity contribution in [3.05, 3.63) is 248 Å². The number of furan rings is 1. The quantitative estimate of drug-likeness (QED) is 0.149. The molecule has 0 saturated carbocycles. The summed E-state index contributed by atoms with van der Waals surface area (Å²) in [7, 11) is 0. The fourth-order valence-corrected chi connectivity index (χ4v) is 10.1. The van der Waals surface area contributed by atoms with Crippen LogP contribution in [0.15, 0.2) is 241 Å². The van der Waals surface area contributed by atoms with Crippen molar-refractivity contribution in [3.63, 3.8) is 0 Å². The third kappa shape index (κ3) is 6.52. The van der Waals surface area contributed by atoms with Crippen LogP contribution in [0.1, 0.15) is 0 Å². The predicted octanol–water partition coefficient (Wildman–Crippen LogP) is 18.0.